The Morgan fingerprint density at radius 1 is 1.32 bits per heavy atom. The van der Waals surface area contributed by atoms with Crippen molar-refractivity contribution in [3.05, 3.63) is 33.6 Å². The lowest BCUT2D eigenvalue weighted by molar-refractivity contribution is -0.118. The summed E-state index contributed by atoms with van der Waals surface area (Å²) in [4.78, 5) is 29.3. The second-order valence-electron chi connectivity index (χ2n) is 6.65. The van der Waals surface area contributed by atoms with Gasteiger partial charge in [0, 0.05) is 17.6 Å². The summed E-state index contributed by atoms with van der Waals surface area (Å²) in [6.07, 6.45) is 0.944. The third kappa shape index (κ3) is 5.22. The van der Waals surface area contributed by atoms with Gasteiger partial charge in [0.05, 0.1) is 16.7 Å². The molecule has 0 aliphatic heterocycles. The molecule has 1 N–H and O–H groups in total. The van der Waals surface area contributed by atoms with E-state index < -0.39 is 0 Å². The number of aromatic nitrogens is 2. The van der Waals surface area contributed by atoms with Crippen LogP contribution in [0.2, 0.25) is 5.02 Å². The van der Waals surface area contributed by atoms with Gasteiger partial charge in [0.1, 0.15) is 0 Å². The van der Waals surface area contributed by atoms with Crippen LogP contribution in [0.1, 0.15) is 40.2 Å². The Labute approximate surface area is 157 Å². The van der Waals surface area contributed by atoms with Crippen LogP contribution in [0.25, 0.3) is 10.9 Å². The Morgan fingerprint density at radius 3 is 2.68 bits per heavy atom. The van der Waals surface area contributed by atoms with E-state index in [4.69, 9.17) is 11.6 Å². The van der Waals surface area contributed by atoms with E-state index in [9.17, 15) is 9.59 Å². The summed E-state index contributed by atoms with van der Waals surface area (Å²) in [5, 5.41) is 4.50. The number of halogens is 1. The Kier molecular flexibility index (Phi) is 6.90. The van der Waals surface area contributed by atoms with Gasteiger partial charge in [0.2, 0.25) is 5.91 Å². The molecular formula is C18H24ClN3O2S. The molecule has 0 fully saturated rings. The molecule has 0 bridgehead atoms. The molecule has 0 atom stereocenters. The van der Waals surface area contributed by atoms with Crippen LogP contribution in [0, 0.1) is 5.92 Å². The van der Waals surface area contributed by atoms with Gasteiger partial charge < -0.3 is 5.32 Å². The fourth-order valence-corrected chi connectivity index (χ4v) is 3.51. The van der Waals surface area contributed by atoms with Crippen molar-refractivity contribution in [1.29, 1.82) is 0 Å². The third-order valence-corrected chi connectivity index (χ3v) is 4.91. The van der Waals surface area contributed by atoms with Crippen molar-refractivity contribution in [2.75, 3.05) is 12.3 Å². The first-order valence-corrected chi connectivity index (χ1v) is 9.77. The van der Waals surface area contributed by atoms with Crippen LogP contribution in [0.4, 0.5) is 0 Å². The first-order valence-electron chi connectivity index (χ1n) is 8.41. The van der Waals surface area contributed by atoms with Gasteiger partial charge in [-0.2, -0.15) is 0 Å². The number of hydrogen-bond acceptors (Lipinski definition) is 4. The van der Waals surface area contributed by atoms with Crippen molar-refractivity contribution in [2.45, 2.75) is 45.3 Å². The van der Waals surface area contributed by atoms with E-state index in [1.807, 2.05) is 13.8 Å². The van der Waals surface area contributed by atoms with E-state index in [2.05, 4.69) is 24.1 Å². The second-order valence-corrected chi connectivity index (χ2v) is 8.02. The Balaban J connectivity index is 2.23. The Hall–Kier alpha value is -1.53. The lowest BCUT2D eigenvalue weighted by Crippen LogP contribution is -2.28. The zero-order valence-electron chi connectivity index (χ0n) is 15.0. The summed E-state index contributed by atoms with van der Waals surface area (Å²) in [5.74, 6) is 0.718. The monoisotopic (exact) mass is 381 g/mol. The second kappa shape index (κ2) is 8.72. The summed E-state index contributed by atoms with van der Waals surface area (Å²) in [7, 11) is 0. The van der Waals surface area contributed by atoms with Gasteiger partial charge in [-0.3, -0.25) is 14.2 Å². The molecule has 2 aromatic rings. The average molecular weight is 382 g/mol. The molecule has 0 unspecified atom stereocenters. The quantitative estimate of drug-likeness (QED) is 0.583. The largest absolute Gasteiger partial charge is 0.355 e. The number of rotatable bonds is 7. The molecule has 1 aromatic heterocycles. The fourth-order valence-electron chi connectivity index (χ4n) is 2.39. The molecule has 1 heterocycles. The van der Waals surface area contributed by atoms with Crippen LogP contribution in [0.3, 0.4) is 0 Å². The number of carbonyl (C=O) groups is 1. The number of thioether (sulfide) groups is 1. The molecule has 136 valence electrons. The minimum absolute atomic E-state index is 0.0495. The van der Waals surface area contributed by atoms with Crippen molar-refractivity contribution in [2.24, 2.45) is 5.92 Å². The molecule has 0 aliphatic carbocycles. The molecule has 1 amide bonds. The number of nitrogens with zero attached hydrogens (tertiary/aromatic N) is 2. The lowest BCUT2D eigenvalue weighted by Gasteiger charge is -2.16. The standard InChI is InChI=1S/C18H24ClN3O2S/c1-11(2)7-8-20-16(23)10-25-18-21-15-9-13(19)5-6-14(15)17(24)22(18)12(3)4/h5-6,9,11-12H,7-8,10H2,1-4H3,(H,20,23). The summed E-state index contributed by atoms with van der Waals surface area (Å²) in [6, 6.07) is 5.01. The smallest absolute Gasteiger partial charge is 0.262 e. The van der Waals surface area contributed by atoms with Gasteiger partial charge in [-0.1, -0.05) is 37.2 Å². The molecule has 25 heavy (non-hydrogen) atoms. The number of amides is 1. The lowest BCUT2D eigenvalue weighted by atomic mass is 10.1. The molecule has 0 spiro atoms. The number of fused-ring (bicyclic) bond motifs is 1. The van der Waals surface area contributed by atoms with Gasteiger partial charge in [-0.15, -0.1) is 0 Å². The molecule has 7 heteroatoms. The first-order chi connectivity index (χ1) is 11.8. The molecule has 0 aliphatic rings. The number of benzene rings is 1. The maximum Gasteiger partial charge on any atom is 0.262 e. The zero-order valence-corrected chi connectivity index (χ0v) is 16.6. The van der Waals surface area contributed by atoms with E-state index in [0.717, 1.165) is 6.42 Å². The van der Waals surface area contributed by atoms with Crippen LogP contribution in [-0.2, 0) is 4.79 Å². The molecule has 0 radical (unpaired) electrons. The summed E-state index contributed by atoms with van der Waals surface area (Å²) in [6.45, 7) is 8.75. The van der Waals surface area contributed by atoms with Gasteiger partial charge in [-0.05, 0) is 44.4 Å². The van der Waals surface area contributed by atoms with E-state index >= 15 is 0 Å². The van der Waals surface area contributed by atoms with E-state index in [0.29, 0.717) is 33.5 Å². The number of nitrogens with one attached hydrogen (secondary N) is 1. The third-order valence-electron chi connectivity index (χ3n) is 3.72. The van der Waals surface area contributed by atoms with Crippen molar-refractivity contribution >= 4 is 40.2 Å². The Bertz CT molecular complexity index is 818. The Morgan fingerprint density at radius 2 is 2.04 bits per heavy atom. The van der Waals surface area contributed by atoms with Crippen LogP contribution in [-0.4, -0.2) is 27.8 Å². The fraction of sp³-hybridized carbons (Fsp3) is 0.500. The van der Waals surface area contributed by atoms with Gasteiger partial charge in [0.15, 0.2) is 5.16 Å². The first kappa shape index (κ1) is 19.8. The van der Waals surface area contributed by atoms with Crippen LogP contribution in [0.5, 0.6) is 0 Å². The van der Waals surface area contributed by atoms with Gasteiger partial charge in [-0.25, -0.2) is 4.98 Å². The minimum Gasteiger partial charge on any atom is -0.355 e. The number of carbonyl (C=O) groups excluding carboxylic acids is 1. The van der Waals surface area contributed by atoms with Crippen molar-refractivity contribution in [1.82, 2.24) is 14.9 Å². The summed E-state index contributed by atoms with van der Waals surface area (Å²) < 4.78 is 1.63. The van der Waals surface area contributed by atoms with Crippen molar-refractivity contribution in [3.63, 3.8) is 0 Å². The molecule has 1 aromatic carbocycles. The highest BCUT2D eigenvalue weighted by Crippen LogP contribution is 2.22. The SMILES string of the molecule is CC(C)CCNC(=O)CSc1nc2cc(Cl)ccc2c(=O)n1C(C)C. The molecule has 0 saturated carbocycles. The summed E-state index contributed by atoms with van der Waals surface area (Å²) >= 11 is 7.29. The summed E-state index contributed by atoms with van der Waals surface area (Å²) in [5.41, 5.74) is 0.441. The molecule has 0 saturated heterocycles. The van der Waals surface area contributed by atoms with E-state index in [1.165, 1.54) is 11.8 Å². The van der Waals surface area contributed by atoms with Crippen molar-refractivity contribution in [3.8, 4) is 0 Å². The van der Waals surface area contributed by atoms with Crippen LogP contribution >= 0.6 is 23.4 Å². The topological polar surface area (TPSA) is 64.0 Å². The predicted octanol–water partition coefficient (Wildman–Crippen LogP) is 3.89. The molecular weight excluding hydrogens is 358 g/mol. The number of hydrogen-bond donors (Lipinski definition) is 1. The normalized spacial score (nSPS) is 11.5. The van der Waals surface area contributed by atoms with Gasteiger partial charge >= 0.3 is 0 Å². The molecule has 5 nitrogen and oxygen atoms in total. The highest BCUT2D eigenvalue weighted by molar-refractivity contribution is 7.99. The highest BCUT2D eigenvalue weighted by Gasteiger charge is 2.15. The molecule has 2 rings (SSSR count). The van der Waals surface area contributed by atoms with Crippen LogP contribution in [0.15, 0.2) is 28.2 Å². The zero-order chi connectivity index (χ0) is 18.6. The van der Waals surface area contributed by atoms with Crippen molar-refractivity contribution < 1.29 is 4.79 Å². The van der Waals surface area contributed by atoms with Gasteiger partial charge in [0.25, 0.3) is 5.56 Å². The maximum atomic E-state index is 12.8. The maximum absolute atomic E-state index is 12.8. The predicted molar refractivity (Wildman–Crippen MR) is 105 cm³/mol. The van der Waals surface area contributed by atoms with E-state index in [-0.39, 0.29) is 23.3 Å². The van der Waals surface area contributed by atoms with Crippen LogP contribution < -0.4 is 10.9 Å². The minimum atomic E-state index is -0.112. The highest BCUT2D eigenvalue weighted by atomic mass is 35.5. The van der Waals surface area contributed by atoms with E-state index in [1.54, 1.807) is 22.8 Å². The average Bonchev–Trinajstić information content (AvgIpc) is 2.51.